The van der Waals surface area contributed by atoms with Crippen LogP contribution in [0, 0.1) is 11.6 Å². The molecule has 0 bridgehead atoms. The van der Waals surface area contributed by atoms with Crippen LogP contribution in [0.5, 0.6) is 5.75 Å². The fourth-order valence-corrected chi connectivity index (χ4v) is 4.46. The van der Waals surface area contributed by atoms with E-state index in [2.05, 4.69) is 0 Å². The molecular weight excluding hydrogens is 458 g/mol. The lowest BCUT2D eigenvalue weighted by molar-refractivity contribution is -0.228. The number of ether oxygens (including phenoxy) is 2. The summed E-state index contributed by atoms with van der Waals surface area (Å²) >= 11 is 0. The van der Waals surface area contributed by atoms with Crippen LogP contribution < -0.4 is 4.74 Å². The zero-order chi connectivity index (χ0) is 24.7. The van der Waals surface area contributed by atoms with Gasteiger partial charge in [0.05, 0.1) is 23.8 Å². The lowest BCUT2D eigenvalue weighted by atomic mass is 9.78. The zero-order valence-corrected chi connectivity index (χ0v) is 18.7. The Labute approximate surface area is 193 Å². The highest BCUT2D eigenvalue weighted by Gasteiger charge is 2.65. The number of fused-ring (bicyclic) bond motifs is 3. The van der Waals surface area contributed by atoms with Crippen LogP contribution in [0.25, 0.3) is 11.1 Å². The van der Waals surface area contributed by atoms with Crippen LogP contribution in [0.2, 0.25) is 0 Å². The molecule has 34 heavy (non-hydrogen) atoms. The predicted molar refractivity (Wildman–Crippen MR) is 116 cm³/mol. The van der Waals surface area contributed by atoms with Gasteiger partial charge in [-0.15, -0.1) is 0 Å². The molecule has 0 fully saturated rings. The van der Waals surface area contributed by atoms with E-state index in [-0.39, 0.29) is 24.7 Å². The quantitative estimate of drug-likeness (QED) is 0.382. The van der Waals surface area contributed by atoms with Crippen molar-refractivity contribution in [3.63, 3.8) is 0 Å². The average Bonchev–Trinajstić information content (AvgIpc) is 2.79. The Morgan fingerprint density at radius 3 is 2.09 bits per heavy atom. The Bertz CT molecular complexity index is 1150. The Morgan fingerprint density at radius 1 is 0.853 bits per heavy atom. The van der Waals surface area contributed by atoms with Gasteiger partial charge in [-0.2, -0.15) is 17.6 Å². The zero-order valence-electron chi connectivity index (χ0n) is 18.7. The molecule has 4 rings (SSSR count). The van der Waals surface area contributed by atoms with E-state index in [9.17, 15) is 13.2 Å². The normalized spacial score (nSPS) is 19.9. The van der Waals surface area contributed by atoms with Gasteiger partial charge in [0.15, 0.2) is 11.6 Å². The number of benzene rings is 2. The number of alkyl halides is 4. The van der Waals surface area contributed by atoms with Gasteiger partial charge < -0.3 is 9.47 Å². The van der Waals surface area contributed by atoms with Crippen molar-refractivity contribution in [2.24, 2.45) is 0 Å². The van der Waals surface area contributed by atoms with E-state index in [1.807, 2.05) is 25.2 Å². The highest BCUT2D eigenvalue weighted by atomic mass is 19.3. The highest BCUT2D eigenvalue weighted by molar-refractivity contribution is 5.77. The van der Waals surface area contributed by atoms with E-state index >= 15 is 13.2 Å². The molecule has 0 aromatic heterocycles. The monoisotopic (exact) mass is 482 g/mol. The molecule has 0 aliphatic heterocycles. The molecule has 1 atom stereocenters. The van der Waals surface area contributed by atoms with Gasteiger partial charge in [-0.1, -0.05) is 35.9 Å². The Morgan fingerprint density at radius 2 is 1.50 bits per heavy atom. The first-order valence-electron chi connectivity index (χ1n) is 11.2. The third kappa shape index (κ3) is 3.91. The van der Waals surface area contributed by atoms with Crippen LogP contribution >= 0.6 is 0 Å². The lowest BCUT2D eigenvalue weighted by Crippen LogP contribution is -2.41. The topological polar surface area (TPSA) is 18.5 Å². The number of hydrogen-bond acceptors (Lipinski definition) is 2. The van der Waals surface area contributed by atoms with Gasteiger partial charge >= 0.3 is 11.8 Å². The van der Waals surface area contributed by atoms with Crippen LogP contribution in [0.15, 0.2) is 48.1 Å². The maximum Gasteiger partial charge on any atom is 0.343 e. The first-order chi connectivity index (χ1) is 16.1. The van der Waals surface area contributed by atoms with Gasteiger partial charge in [-0.3, -0.25) is 0 Å². The molecule has 0 radical (unpaired) electrons. The Kier molecular flexibility index (Phi) is 6.55. The maximum atomic E-state index is 15.3. The van der Waals surface area contributed by atoms with E-state index < -0.39 is 51.5 Å². The summed E-state index contributed by atoms with van der Waals surface area (Å²) in [7, 11) is 0. The van der Waals surface area contributed by atoms with Crippen LogP contribution in [-0.4, -0.2) is 19.3 Å². The number of aryl methyl sites for hydroxylation is 1. The third-order valence-corrected chi connectivity index (χ3v) is 6.14. The second-order valence-electron chi connectivity index (χ2n) is 8.21. The minimum absolute atomic E-state index is 0.0375. The van der Waals surface area contributed by atoms with Gasteiger partial charge in [0.25, 0.3) is 0 Å². The van der Waals surface area contributed by atoms with E-state index in [0.717, 1.165) is 23.8 Å². The maximum absolute atomic E-state index is 15.3. The summed E-state index contributed by atoms with van der Waals surface area (Å²) in [5.41, 5.74) is -3.05. The van der Waals surface area contributed by atoms with E-state index in [0.29, 0.717) is 19.4 Å². The van der Waals surface area contributed by atoms with E-state index in [4.69, 9.17) is 9.47 Å². The lowest BCUT2D eigenvalue weighted by Gasteiger charge is -2.35. The van der Waals surface area contributed by atoms with Gasteiger partial charge in [-0.05, 0) is 61.9 Å². The fourth-order valence-electron chi connectivity index (χ4n) is 4.46. The van der Waals surface area contributed by atoms with Gasteiger partial charge in [0.2, 0.25) is 0 Å². The molecule has 2 nitrogen and oxygen atoms in total. The Balaban J connectivity index is 1.71. The SMILES string of the molecule is CCOc1ccc2c(c1F)C(F)(F)C(F)(F)c1c-2ccc(CCC2=CCC(OCC)C=C2)c1F. The first-order valence-corrected chi connectivity index (χ1v) is 11.2. The summed E-state index contributed by atoms with van der Waals surface area (Å²) in [6.07, 6.45) is 6.61. The highest BCUT2D eigenvalue weighted by Crippen LogP contribution is 2.60. The number of halogens is 6. The molecular formula is C26H24F6O2. The molecule has 182 valence electrons. The molecule has 0 amide bonds. The Hall–Kier alpha value is -2.74. The van der Waals surface area contributed by atoms with Crippen LogP contribution in [-0.2, 0) is 23.0 Å². The van der Waals surface area contributed by atoms with Crippen molar-refractivity contribution in [3.8, 4) is 16.9 Å². The van der Waals surface area contributed by atoms with Crippen LogP contribution in [0.4, 0.5) is 26.3 Å². The third-order valence-electron chi connectivity index (χ3n) is 6.14. The standard InChI is InChI=1S/C26H24F6O2/c1-3-33-17-10-6-15(7-11-17)5-8-16-9-12-18-19-13-14-20(34-4-2)24(28)22(19)26(31,32)25(29,30)21(18)23(16)27/h6-7,9-10,12-14,17H,3-5,8,11H2,1-2H3. The van der Waals surface area contributed by atoms with Crippen LogP contribution in [0.1, 0.15) is 43.4 Å². The molecule has 2 aromatic carbocycles. The molecule has 0 saturated carbocycles. The van der Waals surface area contributed by atoms with Crippen molar-refractivity contribution in [2.75, 3.05) is 13.2 Å². The fraction of sp³-hybridized carbons (Fsp3) is 0.385. The first kappa shape index (κ1) is 24.4. The molecule has 0 spiro atoms. The predicted octanol–water partition coefficient (Wildman–Crippen LogP) is 7.45. The minimum atomic E-state index is -4.96. The average molecular weight is 482 g/mol. The van der Waals surface area contributed by atoms with Crippen molar-refractivity contribution >= 4 is 0 Å². The van der Waals surface area contributed by atoms with Gasteiger partial charge in [0, 0.05) is 6.61 Å². The summed E-state index contributed by atoms with van der Waals surface area (Å²) in [6, 6.07) is 4.61. The molecule has 2 aliphatic carbocycles. The second kappa shape index (κ2) is 9.13. The summed E-state index contributed by atoms with van der Waals surface area (Å²) in [4.78, 5) is 0. The molecule has 1 unspecified atom stereocenters. The smallest absolute Gasteiger partial charge is 0.343 e. The number of allylic oxidation sites excluding steroid dienone is 2. The van der Waals surface area contributed by atoms with Crippen molar-refractivity contribution in [1.82, 2.24) is 0 Å². The van der Waals surface area contributed by atoms with Crippen molar-refractivity contribution < 1.29 is 35.8 Å². The second-order valence-corrected chi connectivity index (χ2v) is 8.21. The number of hydrogen-bond donors (Lipinski definition) is 0. The minimum Gasteiger partial charge on any atom is -0.491 e. The molecule has 0 N–H and O–H groups in total. The summed E-state index contributed by atoms with van der Waals surface area (Å²) in [5, 5.41) is 0. The molecule has 0 heterocycles. The van der Waals surface area contributed by atoms with Gasteiger partial charge in [-0.25, -0.2) is 8.78 Å². The molecule has 2 aliphatic rings. The molecule has 2 aromatic rings. The van der Waals surface area contributed by atoms with E-state index in [1.54, 1.807) is 0 Å². The largest absolute Gasteiger partial charge is 0.491 e. The van der Waals surface area contributed by atoms with Gasteiger partial charge in [0.1, 0.15) is 5.82 Å². The summed E-state index contributed by atoms with van der Waals surface area (Å²) in [5.74, 6) is -13.4. The summed E-state index contributed by atoms with van der Waals surface area (Å²) < 4.78 is 101. The van der Waals surface area contributed by atoms with E-state index in [1.165, 1.54) is 13.0 Å². The summed E-state index contributed by atoms with van der Waals surface area (Å²) in [6.45, 7) is 3.92. The van der Waals surface area contributed by atoms with Crippen molar-refractivity contribution in [3.05, 3.63) is 76.4 Å². The number of rotatable bonds is 7. The molecule has 0 saturated heterocycles. The van der Waals surface area contributed by atoms with Crippen molar-refractivity contribution in [1.29, 1.82) is 0 Å². The van der Waals surface area contributed by atoms with Crippen molar-refractivity contribution in [2.45, 2.75) is 51.1 Å². The van der Waals surface area contributed by atoms with Crippen LogP contribution in [0.3, 0.4) is 0 Å². The molecule has 8 heteroatoms.